The number of fused-ring (bicyclic) bond motifs is 4. The average molecular weight is 808 g/mol. The molecule has 9 aromatic carbocycles. The van der Waals surface area contributed by atoms with Gasteiger partial charge in [0.1, 0.15) is 0 Å². The van der Waals surface area contributed by atoms with E-state index < -0.39 is 0 Å². The summed E-state index contributed by atoms with van der Waals surface area (Å²) in [7, 11) is 0. The van der Waals surface area contributed by atoms with E-state index in [1.807, 2.05) is 0 Å². The van der Waals surface area contributed by atoms with Crippen molar-refractivity contribution in [3.05, 3.63) is 223 Å². The molecular weight excluding hydrogens is 759 g/mol. The minimum Gasteiger partial charge on any atom is -0.311 e. The van der Waals surface area contributed by atoms with Gasteiger partial charge >= 0.3 is 0 Å². The van der Waals surface area contributed by atoms with Crippen LogP contribution in [0.1, 0.15) is 43.2 Å². The van der Waals surface area contributed by atoms with Crippen LogP contribution in [0.15, 0.2) is 212 Å². The summed E-state index contributed by atoms with van der Waals surface area (Å²) in [5, 5.41) is 2.53. The third-order valence-corrected chi connectivity index (χ3v) is 15.7. The lowest BCUT2D eigenvalue weighted by molar-refractivity contribution is -0.0397. The molecule has 4 bridgehead atoms. The second-order valence-corrected chi connectivity index (χ2v) is 18.9. The zero-order valence-corrected chi connectivity index (χ0v) is 35.5. The molecule has 0 saturated heterocycles. The summed E-state index contributed by atoms with van der Waals surface area (Å²) >= 11 is 0. The highest BCUT2D eigenvalue weighted by atomic mass is 15.1. The first kappa shape index (κ1) is 36.7. The number of nitrogens with zero attached hydrogens (tertiary/aromatic N) is 1. The molecule has 302 valence electrons. The van der Waals surface area contributed by atoms with Gasteiger partial charge in [-0.3, -0.25) is 0 Å². The summed E-state index contributed by atoms with van der Waals surface area (Å²) in [6, 6.07) is 79.2. The van der Waals surface area contributed by atoms with Crippen LogP contribution in [0.25, 0.3) is 66.4 Å². The molecule has 14 rings (SSSR count). The van der Waals surface area contributed by atoms with Gasteiger partial charge in [-0.1, -0.05) is 176 Å². The standard InChI is InChI=1S/C62H49N/c1-2-10-43(11-3-1)45-24-30-52(31-25-45)63(54-34-28-48(29-35-54)56-16-8-13-47-12-4-5-14-55(47)56)53-32-26-46(27-33-53)44-20-22-49(23-21-44)57-17-9-18-59-58-15-6-7-19-60(58)62(61(57)59)50-37-41-36-42(39-50)40-51(62)38-41/h1-35,41-42,50-51H,36-40H2. The molecule has 0 heterocycles. The molecule has 0 aromatic heterocycles. The Bertz CT molecular complexity index is 3110. The van der Waals surface area contributed by atoms with Crippen molar-refractivity contribution in [2.75, 3.05) is 4.90 Å². The van der Waals surface area contributed by atoms with Crippen LogP contribution < -0.4 is 4.90 Å². The molecular formula is C62H49N. The van der Waals surface area contributed by atoms with Crippen LogP contribution in [0.2, 0.25) is 0 Å². The summed E-state index contributed by atoms with van der Waals surface area (Å²) in [5.41, 5.74) is 19.9. The molecule has 5 aliphatic carbocycles. The van der Waals surface area contributed by atoms with Crippen LogP contribution in [0.5, 0.6) is 0 Å². The third kappa shape index (κ3) is 5.83. The highest BCUT2D eigenvalue weighted by molar-refractivity contribution is 5.97. The monoisotopic (exact) mass is 807 g/mol. The second kappa shape index (κ2) is 14.6. The number of hydrogen-bond donors (Lipinski definition) is 0. The van der Waals surface area contributed by atoms with Crippen LogP contribution in [-0.4, -0.2) is 0 Å². The van der Waals surface area contributed by atoms with E-state index in [1.165, 1.54) is 98.5 Å². The number of rotatable bonds is 7. The van der Waals surface area contributed by atoms with Gasteiger partial charge in [0.05, 0.1) is 0 Å². The van der Waals surface area contributed by atoms with Crippen molar-refractivity contribution in [3.63, 3.8) is 0 Å². The molecule has 5 aliphatic rings. The molecule has 0 N–H and O–H groups in total. The highest BCUT2D eigenvalue weighted by Crippen LogP contribution is 2.70. The summed E-state index contributed by atoms with van der Waals surface area (Å²) in [5.74, 6) is 3.36. The van der Waals surface area contributed by atoms with Crippen LogP contribution in [-0.2, 0) is 5.41 Å². The largest absolute Gasteiger partial charge is 0.311 e. The fourth-order valence-corrected chi connectivity index (χ4v) is 13.2. The Morgan fingerprint density at radius 3 is 1.40 bits per heavy atom. The first-order valence-corrected chi connectivity index (χ1v) is 23.2. The van der Waals surface area contributed by atoms with Gasteiger partial charge in [-0.2, -0.15) is 0 Å². The first-order chi connectivity index (χ1) is 31.2. The van der Waals surface area contributed by atoms with Crippen molar-refractivity contribution >= 4 is 27.8 Å². The van der Waals surface area contributed by atoms with Crippen molar-refractivity contribution < 1.29 is 0 Å². The predicted octanol–water partition coefficient (Wildman–Crippen LogP) is 16.7. The molecule has 1 nitrogen and oxygen atoms in total. The lowest BCUT2D eigenvalue weighted by atomic mass is 9.42. The molecule has 1 heteroatoms. The maximum Gasteiger partial charge on any atom is 0.0462 e. The Labute approximate surface area is 371 Å². The lowest BCUT2D eigenvalue weighted by Crippen LogP contribution is -2.55. The zero-order chi connectivity index (χ0) is 41.5. The fraction of sp³-hybridized carbons (Fsp3) is 0.161. The van der Waals surface area contributed by atoms with Crippen molar-refractivity contribution in [1.29, 1.82) is 0 Å². The van der Waals surface area contributed by atoms with Gasteiger partial charge in [-0.15, -0.1) is 0 Å². The lowest BCUT2D eigenvalue weighted by Gasteiger charge is -2.61. The zero-order valence-electron chi connectivity index (χ0n) is 35.5. The molecule has 0 amide bonds. The molecule has 9 aromatic rings. The fourth-order valence-electron chi connectivity index (χ4n) is 13.2. The Balaban J connectivity index is 0.842. The molecule has 0 atom stereocenters. The Morgan fingerprint density at radius 1 is 0.317 bits per heavy atom. The van der Waals surface area contributed by atoms with Gasteiger partial charge in [0.15, 0.2) is 0 Å². The second-order valence-electron chi connectivity index (χ2n) is 18.9. The number of anilines is 3. The normalized spacial score (nSPS) is 21.4. The summed E-state index contributed by atoms with van der Waals surface area (Å²) < 4.78 is 0. The third-order valence-electron chi connectivity index (χ3n) is 15.7. The summed E-state index contributed by atoms with van der Waals surface area (Å²) in [6.45, 7) is 0. The summed E-state index contributed by atoms with van der Waals surface area (Å²) in [4.78, 5) is 2.38. The average Bonchev–Trinajstić information content (AvgIpc) is 3.65. The Morgan fingerprint density at radius 2 is 0.746 bits per heavy atom. The maximum atomic E-state index is 2.50. The Hall–Kier alpha value is -6.96. The van der Waals surface area contributed by atoms with Crippen molar-refractivity contribution in [2.24, 2.45) is 23.7 Å². The quantitative estimate of drug-likeness (QED) is 0.155. The van der Waals surface area contributed by atoms with Gasteiger partial charge < -0.3 is 4.90 Å². The topological polar surface area (TPSA) is 3.24 Å². The van der Waals surface area contributed by atoms with E-state index in [-0.39, 0.29) is 5.41 Å². The molecule has 63 heavy (non-hydrogen) atoms. The van der Waals surface area contributed by atoms with E-state index >= 15 is 0 Å². The van der Waals surface area contributed by atoms with E-state index in [0.717, 1.165) is 40.7 Å². The van der Waals surface area contributed by atoms with Crippen LogP contribution in [0.4, 0.5) is 17.1 Å². The van der Waals surface area contributed by atoms with Gasteiger partial charge in [0, 0.05) is 22.5 Å². The number of hydrogen-bond acceptors (Lipinski definition) is 1. The first-order valence-electron chi connectivity index (χ1n) is 23.2. The molecule has 4 fully saturated rings. The van der Waals surface area contributed by atoms with E-state index in [9.17, 15) is 0 Å². The minimum atomic E-state index is 0.147. The smallest absolute Gasteiger partial charge is 0.0462 e. The van der Waals surface area contributed by atoms with Crippen LogP contribution in [0, 0.1) is 23.7 Å². The molecule has 4 saturated carbocycles. The van der Waals surface area contributed by atoms with E-state index in [1.54, 1.807) is 11.1 Å². The minimum absolute atomic E-state index is 0.147. The van der Waals surface area contributed by atoms with E-state index in [0.29, 0.717) is 0 Å². The molecule has 0 radical (unpaired) electrons. The SMILES string of the molecule is c1ccc(-c2ccc(N(c3ccc(-c4ccc(-c5cccc6c5C5(c7ccccc7-6)C6CC7CC(C6)CC5C7)cc4)cc3)c3ccc(-c4cccc5ccccc45)cc3)cc2)cc1. The molecule has 0 aliphatic heterocycles. The van der Waals surface area contributed by atoms with Gasteiger partial charge in [-0.05, 0) is 170 Å². The van der Waals surface area contributed by atoms with Crippen molar-refractivity contribution in [2.45, 2.75) is 37.5 Å². The molecule has 0 unspecified atom stereocenters. The molecule has 1 spiro atoms. The summed E-state index contributed by atoms with van der Waals surface area (Å²) in [6.07, 6.45) is 7.07. The van der Waals surface area contributed by atoms with E-state index in [4.69, 9.17) is 0 Å². The number of benzene rings is 9. The van der Waals surface area contributed by atoms with E-state index in [2.05, 4.69) is 217 Å². The van der Waals surface area contributed by atoms with Crippen LogP contribution in [0.3, 0.4) is 0 Å². The maximum absolute atomic E-state index is 2.50. The van der Waals surface area contributed by atoms with Gasteiger partial charge in [0.2, 0.25) is 0 Å². The van der Waals surface area contributed by atoms with Gasteiger partial charge in [0.25, 0.3) is 0 Å². The predicted molar refractivity (Wildman–Crippen MR) is 264 cm³/mol. The van der Waals surface area contributed by atoms with Crippen molar-refractivity contribution in [3.8, 4) is 55.6 Å². The Kier molecular flexibility index (Phi) is 8.48. The van der Waals surface area contributed by atoms with Crippen molar-refractivity contribution in [1.82, 2.24) is 0 Å². The van der Waals surface area contributed by atoms with Gasteiger partial charge in [-0.25, -0.2) is 0 Å². The van der Waals surface area contributed by atoms with Crippen LogP contribution >= 0.6 is 0 Å². The highest BCUT2D eigenvalue weighted by Gasteiger charge is 2.62.